The van der Waals surface area contributed by atoms with Crippen LogP contribution in [-0.2, 0) is 0 Å². The van der Waals surface area contributed by atoms with Crippen molar-refractivity contribution in [3.05, 3.63) is 16.2 Å². The first-order valence-corrected chi connectivity index (χ1v) is 4.54. The molecular formula is C7H6ClN3S. The molecule has 3 nitrogen and oxygen atoms in total. The quantitative estimate of drug-likeness (QED) is 0.708. The molecule has 2 heterocycles. The molecule has 0 spiro atoms. The molecule has 2 aromatic heterocycles. The van der Waals surface area contributed by atoms with Gasteiger partial charge in [0.05, 0.1) is 9.72 Å². The predicted octanol–water partition coefficient (Wildman–Crippen LogP) is 2.24. The van der Waals surface area contributed by atoms with E-state index in [-0.39, 0.29) is 0 Å². The lowest BCUT2D eigenvalue weighted by Crippen LogP contribution is -1.91. The van der Waals surface area contributed by atoms with Crippen molar-refractivity contribution in [3.8, 4) is 0 Å². The number of aryl methyl sites for hydroxylation is 1. The minimum Gasteiger partial charge on any atom is -0.383 e. The number of hydrogen-bond acceptors (Lipinski definition) is 4. The Morgan fingerprint density at radius 2 is 2.25 bits per heavy atom. The van der Waals surface area contributed by atoms with Gasteiger partial charge in [0, 0.05) is 0 Å². The maximum Gasteiger partial charge on any atom is 0.135 e. The third-order valence-electron chi connectivity index (χ3n) is 1.70. The van der Waals surface area contributed by atoms with E-state index in [2.05, 4.69) is 9.97 Å². The average molecular weight is 200 g/mol. The minimum absolute atomic E-state index is 0.501. The number of hydrogen-bond donors (Lipinski definition) is 1. The van der Waals surface area contributed by atoms with Crippen LogP contribution in [0.15, 0.2) is 6.33 Å². The second kappa shape index (κ2) is 2.57. The van der Waals surface area contributed by atoms with Crippen LogP contribution in [0.3, 0.4) is 0 Å². The molecule has 2 aromatic rings. The zero-order valence-corrected chi connectivity index (χ0v) is 7.91. The van der Waals surface area contributed by atoms with Crippen molar-refractivity contribution in [2.45, 2.75) is 6.92 Å². The molecule has 0 saturated carbocycles. The molecule has 0 radical (unpaired) electrons. The molecule has 0 aliphatic carbocycles. The fraction of sp³-hybridized carbons (Fsp3) is 0.143. The van der Waals surface area contributed by atoms with E-state index in [1.165, 1.54) is 17.7 Å². The number of rotatable bonds is 0. The Kier molecular flexibility index (Phi) is 1.66. The van der Waals surface area contributed by atoms with Crippen molar-refractivity contribution in [3.63, 3.8) is 0 Å². The molecule has 5 heteroatoms. The summed E-state index contributed by atoms with van der Waals surface area (Å²) in [6.07, 6.45) is 1.45. The molecule has 12 heavy (non-hydrogen) atoms. The van der Waals surface area contributed by atoms with Crippen LogP contribution in [0.5, 0.6) is 0 Å². The molecule has 0 bridgehead atoms. The van der Waals surface area contributed by atoms with E-state index in [4.69, 9.17) is 17.3 Å². The maximum atomic E-state index is 5.92. The van der Waals surface area contributed by atoms with Crippen molar-refractivity contribution in [2.75, 3.05) is 5.73 Å². The summed E-state index contributed by atoms with van der Waals surface area (Å²) in [4.78, 5) is 8.81. The van der Waals surface area contributed by atoms with Gasteiger partial charge in [-0.3, -0.25) is 0 Å². The van der Waals surface area contributed by atoms with Gasteiger partial charge in [0.15, 0.2) is 0 Å². The molecule has 2 rings (SSSR count). The first-order chi connectivity index (χ1) is 5.70. The second-order valence-corrected chi connectivity index (χ2v) is 4.04. The van der Waals surface area contributed by atoms with E-state index in [1.54, 1.807) is 0 Å². The normalized spacial score (nSPS) is 10.8. The Morgan fingerprint density at radius 1 is 1.50 bits per heavy atom. The van der Waals surface area contributed by atoms with Crippen LogP contribution in [0.4, 0.5) is 5.82 Å². The molecule has 0 saturated heterocycles. The number of nitrogens with zero attached hydrogens (tertiary/aromatic N) is 2. The zero-order valence-electron chi connectivity index (χ0n) is 6.34. The van der Waals surface area contributed by atoms with Gasteiger partial charge in [-0.1, -0.05) is 11.6 Å². The summed E-state index contributed by atoms with van der Waals surface area (Å²) in [6, 6.07) is 0. The molecule has 62 valence electrons. The highest BCUT2D eigenvalue weighted by atomic mass is 35.5. The van der Waals surface area contributed by atoms with E-state index in [1.807, 2.05) is 6.92 Å². The van der Waals surface area contributed by atoms with Gasteiger partial charge < -0.3 is 5.73 Å². The van der Waals surface area contributed by atoms with Crippen LogP contribution in [0.1, 0.15) is 5.56 Å². The highest BCUT2D eigenvalue weighted by Gasteiger charge is 2.10. The topological polar surface area (TPSA) is 51.8 Å². The van der Waals surface area contributed by atoms with Crippen molar-refractivity contribution >= 4 is 39.0 Å². The minimum atomic E-state index is 0.501. The summed E-state index contributed by atoms with van der Waals surface area (Å²) in [5, 5.41) is 0.882. The molecule has 0 unspecified atom stereocenters. The molecule has 0 amide bonds. The SMILES string of the molecule is Cc1c(Cl)sc2ncnc(N)c12. The van der Waals surface area contributed by atoms with E-state index in [0.29, 0.717) is 5.82 Å². The molecule has 0 atom stereocenters. The number of thiophene rings is 1. The Bertz CT molecular complexity index is 437. The van der Waals surface area contributed by atoms with Crippen LogP contribution >= 0.6 is 22.9 Å². The summed E-state index contributed by atoms with van der Waals surface area (Å²) in [5.41, 5.74) is 6.63. The van der Waals surface area contributed by atoms with Crippen LogP contribution in [0, 0.1) is 6.92 Å². The maximum absolute atomic E-state index is 5.92. The van der Waals surface area contributed by atoms with Crippen LogP contribution < -0.4 is 5.73 Å². The largest absolute Gasteiger partial charge is 0.383 e. The fourth-order valence-corrected chi connectivity index (χ4v) is 2.27. The highest BCUT2D eigenvalue weighted by molar-refractivity contribution is 7.22. The summed E-state index contributed by atoms with van der Waals surface area (Å²) in [7, 11) is 0. The monoisotopic (exact) mass is 199 g/mol. The van der Waals surface area contributed by atoms with E-state index < -0.39 is 0 Å². The van der Waals surface area contributed by atoms with Crippen LogP contribution in [0.25, 0.3) is 10.2 Å². The Balaban J connectivity index is 2.97. The van der Waals surface area contributed by atoms with Gasteiger partial charge in [-0.15, -0.1) is 11.3 Å². The first kappa shape index (κ1) is 7.76. The van der Waals surface area contributed by atoms with E-state index >= 15 is 0 Å². The number of halogens is 1. The average Bonchev–Trinajstić information content (AvgIpc) is 2.29. The Morgan fingerprint density at radius 3 is 2.92 bits per heavy atom. The number of nitrogen functional groups attached to an aromatic ring is 1. The van der Waals surface area contributed by atoms with E-state index in [0.717, 1.165) is 20.1 Å². The highest BCUT2D eigenvalue weighted by Crippen LogP contribution is 2.34. The van der Waals surface area contributed by atoms with Gasteiger partial charge in [0.1, 0.15) is 17.0 Å². The fourth-order valence-electron chi connectivity index (χ4n) is 1.07. The molecule has 0 fully saturated rings. The van der Waals surface area contributed by atoms with Crippen molar-refractivity contribution in [1.82, 2.24) is 9.97 Å². The van der Waals surface area contributed by atoms with Crippen molar-refractivity contribution < 1.29 is 0 Å². The Labute approximate surface area is 78.2 Å². The van der Waals surface area contributed by atoms with Crippen LogP contribution in [0.2, 0.25) is 4.34 Å². The lowest BCUT2D eigenvalue weighted by atomic mass is 10.2. The smallest absolute Gasteiger partial charge is 0.135 e. The number of nitrogens with two attached hydrogens (primary N) is 1. The number of anilines is 1. The Hall–Kier alpha value is -0.870. The lowest BCUT2D eigenvalue weighted by molar-refractivity contribution is 1.24. The van der Waals surface area contributed by atoms with Gasteiger partial charge in [-0.25, -0.2) is 9.97 Å². The predicted molar refractivity (Wildman–Crippen MR) is 51.6 cm³/mol. The summed E-state index contributed by atoms with van der Waals surface area (Å²) in [6.45, 7) is 1.92. The number of fused-ring (bicyclic) bond motifs is 1. The van der Waals surface area contributed by atoms with Gasteiger partial charge in [0.2, 0.25) is 0 Å². The molecule has 2 N–H and O–H groups in total. The van der Waals surface area contributed by atoms with Gasteiger partial charge >= 0.3 is 0 Å². The molecule has 0 aliphatic rings. The van der Waals surface area contributed by atoms with Crippen molar-refractivity contribution in [2.24, 2.45) is 0 Å². The molecular weight excluding hydrogens is 194 g/mol. The molecule has 0 aliphatic heterocycles. The lowest BCUT2D eigenvalue weighted by Gasteiger charge is -1.93. The summed E-state index contributed by atoms with van der Waals surface area (Å²) < 4.78 is 0.734. The van der Waals surface area contributed by atoms with E-state index in [9.17, 15) is 0 Å². The second-order valence-electron chi connectivity index (χ2n) is 2.44. The zero-order chi connectivity index (χ0) is 8.72. The van der Waals surface area contributed by atoms with Gasteiger partial charge in [-0.2, -0.15) is 0 Å². The first-order valence-electron chi connectivity index (χ1n) is 3.35. The van der Waals surface area contributed by atoms with Gasteiger partial charge in [-0.05, 0) is 12.5 Å². The van der Waals surface area contributed by atoms with Gasteiger partial charge in [0.25, 0.3) is 0 Å². The van der Waals surface area contributed by atoms with Crippen LogP contribution in [-0.4, -0.2) is 9.97 Å². The van der Waals surface area contributed by atoms with Crippen molar-refractivity contribution in [1.29, 1.82) is 0 Å². The summed E-state index contributed by atoms with van der Waals surface area (Å²) >= 11 is 7.35. The third kappa shape index (κ3) is 0.956. The third-order valence-corrected chi connectivity index (χ3v) is 3.20. The molecule has 0 aromatic carbocycles. The summed E-state index contributed by atoms with van der Waals surface area (Å²) in [5.74, 6) is 0.501. The number of aromatic nitrogens is 2. The standard InChI is InChI=1S/C7H6ClN3S/c1-3-4-6(9)10-2-11-7(4)12-5(3)8/h2H,1H3,(H2,9,10,11).